The highest BCUT2D eigenvalue weighted by Crippen LogP contribution is 2.47. The van der Waals surface area contributed by atoms with Crippen LogP contribution < -0.4 is 0 Å². The fourth-order valence-corrected chi connectivity index (χ4v) is 3.28. The van der Waals surface area contributed by atoms with E-state index in [-0.39, 0.29) is 0 Å². The maximum absolute atomic E-state index is 4.32. The third kappa shape index (κ3) is 0.808. The first-order chi connectivity index (χ1) is 8.93. The quantitative estimate of drug-likeness (QED) is 0.445. The van der Waals surface area contributed by atoms with Crippen molar-refractivity contribution < 1.29 is 0 Å². The molecule has 0 saturated heterocycles. The molecule has 1 heterocycles. The Morgan fingerprint density at radius 2 is 1.78 bits per heavy atom. The topological polar surface area (TPSA) is 41.6 Å². The van der Waals surface area contributed by atoms with Crippen molar-refractivity contribution in [2.45, 2.75) is 6.42 Å². The largest absolute Gasteiger partial charge is 0.197 e. The minimum absolute atomic E-state index is 0.982. The van der Waals surface area contributed by atoms with E-state index in [1.165, 1.54) is 33.0 Å². The number of hydrogen-bond acceptors (Lipinski definition) is 2. The second kappa shape index (κ2) is 2.70. The number of aromatic nitrogens is 3. The van der Waals surface area contributed by atoms with Gasteiger partial charge in [-0.15, -0.1) is 0 Å². The molecule has 3 nitrogen and oxygen atoms in total. The number of aromatic amines is 1. The molecule has 0 fully saturated rings. The molecule has 6 rings (SSSR count). The van der Waals surface area contributed by atoms with Gasteiger partial charge in [0, 0.05) is 11.8 Å². The summed E-state index contributed by atoms with van der Waals surface area (Å²) in [5.41, 5.74) is 7.45. The van der Waals surface area contributed by atoms with Crippen LogP contribution in [0.3, 0.4) is 0 Å². The Kier molecular flexibility index (Phi) is 1.29. The molecule has 1 N–H and O–H groups in total. The van der Waals surface area contributed by atoms with Crippen molar-refractivity contribution in [3.63, 3.8) is 0 Å². The van der Waals surface area contributed by atoms with Gasteiger partial charge in [-0.2, -0.15) is 15.4 Å². The average molecular weight is 231 g/mol. The molecular formula is C15H9N3. The van der Waals surface area contributed by atoms with Crippen molar-refractivity contribution in [2.24, 2.45) is 0 Å². The molecule has 0 saturated carbocycles. The summed E-state index contributed by atoms with van der Waals surface area (Å²) in [6, 6.07) is 13.0. The standard InChI is InChI=1S/C15H9N3/c1-2-4-9-10(5-3-1)12-7-8-6-11(9)13(12)15-14(8)16-18-17-15/h1-6H,7H2,(H,16,17,18). The summed E-state index contributed by atoms with van der Waals surface area (Å²) in [4.78, 5) is 0. The summed E-state index contributed by atoms with van der Waals surface area (Å²) >= 11 is 0. The van der Waals surface area contributed by atoms with E-state index < -0.39 is 0 Å². The first-order valence-corrected chi connectivity index (χ1v) is 6.09. The normalized spacial score (nSPS) is 13.3. The van der Waals surface area contributed by atoms with Gasteiger partial charge in [-0.3, -0.25) is 0 Å². The molecule has 1 aromatic carbocycles. The van der Waals surface area contributed by atoms with Crippen molar-refractivity contribution in [1.82, 2.24) is 15.4 Å². The van der Waals surface area contributed by atoms with E-state index in [9.17, 15) is 0 Å². The maximum atomic E-state index is 4.32. The Balaban J connectivity index is 2.18. The average Bonchev–Trinajstić information content (AvgIpc) is 2.85. The number of benzene rings is 1. The van der Waals surface area contributed by atoms with E-state index in [4.69, 9.17) is 0 Å². The summed E-state index contributed by atoms with van der Waals surface area (Å²) < 4.78 is 0. The Labute approximate surface area is 103 Å². The molecule has 84 valence electrons. The first-order valence-electron chi connectivity index (χ1n) is 6.09. The number of nitrogens with zero attached hydrogens (tertiary/aromatic N) is 2. The van der Waals surface area contributed by atoms with E-state index in [1.807, 2.05) is 0 Å². The van der Waals surface area contributed by atoms with Crippen LogP contribution in [0.1, 0.15) is 11.1 Å². The van der Waals surface area contributed by atoms with E-state index in [1.54, 1.807) is 0 Å². The third-order valence-electron chi connectivity index (χ3n) is 4.00. The van der Waals surface area contributed by atoms with Crippen LogP contribution in [0.25, 0.3) is 32.9 Å². The molecule has 4 bridgehead atoms. The van der Waals surface area contributed by atoms with E-state index in [0.29, 0.717) is 0 Å². The molecule has 3 heteroatoms. The molecule has 0 aliphatic heterocycles. The lowest BCUT2D eigenvalue weighted by molar-refractivity contribution is 0.959. The van der Waals surface area contributed by atoms with Crippen LogP contribution in [0.2, 0.25) is 0 Å². The molecular weight excluding hydrogens is 222 g/mol. The van der Waals surface area contributed by atoms with Crippen LogP contribution in [-0.2, 0) is 6.42 Å². The first kappa shape index (κ1) is 8.64. The zero-order chi connectivity index (χ0) is 11.7. The minimum atomic E-state index is 0.982. The van der Waals surface area contributed by atoms with Gasteiger partial charge in [-0.05, 0) is 33.7 Å². The van der Waals surface area contributed by atoms with Crippen LogP contribution in [0.5, 0.6) is 0 Å². The Morgan fingerprint density at radius 3 is 2.72 bits per heavy atom. The van der Waals surface area contributed by atoms with Crippen LogP contribution in [0, 0.1) is 0 Å². The van der Waals surface area contributed by atoms with Gasteiger partial charge in [0.05, 0.1) is 0 Å². The molecule has 4 aliphatic carbocycles. The maximum Gasteiger partial charge on any atom is 0.121 e. The van der Waals surface area contributed by atoms with Gasteiger partial charge in [-0.1, -0.05) is 30.3 Å². The highest BCUT2D eigenvalue weighted by molar-refractivity contribution is 6.19. The Bertz CT molecular complexity index is 904. The minimum Gasteiger partial charge on any atom is -0.197 e. The number of fused-ring (bicyclic) bond motifs is 1. The van der Waals surface area contributed by atoms with Crippen molar-refractivity contribution in [1.29, 1.82) is 0 Å². The fourth-order valence-electron chi connectivity index (χ4n) is 3.28. The highest BCUT2D eigenvalue weighted by Gasteiger charge is 2.27. The Morgan fingerprint density at radius 1 is 0.944 bits per heavy atom. The van der Waals surface area contributed by atoms with Crippen LogP contribution in [-0.4, -0.2) is 15.4 Å². The SMILES string of the molecule is c1ccc2c3c4c(cc(c5n[nH]nc54)C3)c-2cc1. The van der Waals surface area contributed by atoms with E-state index in [2.05, 4.69) is 51.8 Å². The van der Waals surface area contributed by atoms with Crippen LogP contribution >= 0.6 is 0 Å². The summed E-state index contributed by atoms with van der Waals surface area (Å²) in [7, 11) is 0. The lowest BCUT2D eigenvalue weighted by atomic mass is 9.93. The van der Waals surface area contributed by atoms with Crippen molar-refractivity contribution >= 4 is 21.8 Å². The van der Waals surface area contributed by atoms with Crippen molar-refractivity contribution in [3.8, 4) is 11.1 Å². The predicted octanol–water partition coefficient (Wildman–Crippen LogP) is 3.12. The molecule has 0 amide bonds. The predicted molar refractivity (Wildman–Crippen MR) is 70.8 cm³/mol. The fraction of sp³-hybridized carbons (Fsp3) is 0.0667. The van der Waals surface area contributed by atoms with Gasteiger partial charge in [0.2, 0.25) is 0 Å². The van der Waals surface area contributed by atoms with Gasteiger partial charge in [0.15, 0.2) is 0 Å². The monoisotopic (exact) mass is 231 g/mol. The van der Waals surface area contributed by atoms with Gasteiger partial charge >= 0.3 is 0 Å². The summed E-state index contributed by atoms with van der Waals surface area (Å²) in [6.45, 7) is 0. The summed E-state index contributed by atoms with van der Waals surface area (Å²) in [5, 5.41) is 13.9. The molecule has 0 unspecified atom stereocenters. The molecule has 18 heavy (non-hydrogen) atoms. The van der Waals surface area contributed by atoms with Crippen LogP contribution in [0.15, 0.2) is 36.4 Å². The zero-order valence-electron chi connectivity index (χ0n) is 9.57. The highest BCUT2D eigenvalue weighted by atomic mass is 15.3. The molecule has 4 aliphatic rings. The van der Waals surface area contributed by atoms with E-state index >= 15 is 0 Å². The van der Waals surface area contributed by atoms with E-state index in [0.717, 1.165) is 17.5 Å². The summed E-state index contributed by atoms with van der Waals surface area (Å²) in [6.07, 6.45) is 0.982. The second-order valence-electron chi connectivity index (χ2n) is 4.87. The number of rotatable bonds is 0. The molecule has 2 aromatic rings. The number of nitrogens with one attached hydrogen (secondary N) is 1. The molecule has 1 aromatic heterocycles. The van der Waals surface area contributed by atoms with Gasteiger partial charge < -0.3 is 0 Å². The van der Waals surface area contributed by atoms with Gasteiger partial charge in [0.1, 0.15) is 11.0 Å². The molecule has 0 atom stereocenters. The second-order valence-corrected chi connectivity index (χ2v) is 4.87. The lowest BCUT2D eigenvalue weighted by Crippen LogP contribution is -1.96. The molecule has 0 radical (unpaired) electrons. The molecule has 0 spiro atoms. The van der Waals surface area contributed by atoms with Crippen molar-refractivity contribution in [2.75, 3.05) is 0 Å². The lowest BCUT2D eigenvalue weighted by Gasteiger charge is -2.10. The summed E-state index contributed by atoms with van der Waals surface area (Å²) in [5.74, 6) is 0. The van der Waals surface area contributed by atoms with Crippen LogP contribution in [0.4, 0.5) is 0 Å². The Hall–Kier alpha value is -2.42. The van der Waals surface area contributed by atoms with Crippen molar-refractivity contribution in [3.05, 3.63) is 47.5 Å². The zero-order valence-corrected chi connectivity index (χ0v) is 9.57. The van der Waals surface area contributed by atoms with Gasteiger partial charge in [-0.25, -0.2) is 0 Å². The van der Waals surface area contributed by atoms with Gasteiger partial charge in [0.25, 0.3) is 0 Å². The number of H-pyrrole nitrogens is 1. The third-order valence-corrected chi connectivity index (χ3v) is 4.00. The smallest absolute Gasteiger partial charge is 0.121 e. The number of hydrogen-bond donors (Lipinski definition) is 1.